The summed E-state index contributed by atoms with van der Waals surface area (Å²) in [6.45, 7) is 2.46. The Hall–Kier alpha value is -3.43. The molecule has 3 heterocycles. The number of benzene rings is 2. The monoisotopic (exact) mass is 493 g/mol. The van der Waals surface area contributed by atoms with Crippen LogP contribution in [0.5, 0.6) is 5.75 Å². The maximum Gasteiger partial charge on any atom is 0.246 e. The molecule has 5 atom stereocenters. The molecule has 3 fully saturated rings. The van der Waals surface area contributed by atoms with E-state index in [1.165, 1.54) is 4.90 Å². The summed E-state index contributed by atoms with van der Waals surface area (Å²) < 4.78 is 11.8. The van der Waals surface area contributed by atoms with Gasteiger partial charge in [0.15, 0.2) is 0 Å². The third kappa shape index (κ3) is 4.12. The molecular formula is C27H31N3O6. The molecule has 2 bridgehead atoms. The molecule has 5 rings (SSSR count). The second kappa shape index (κ2) is 9.91. The minimum absolute atomic E-state index is 0.00175. The van der Waals surface area contributed by atoms with E-state index < -0.39 is 29.6 Å². The summed E-state index contributed by atoms with van der Waals surface area (Å²) >= 11 is 0. The summed E-state index contributed by atoms with van der Waals surface area (Å²) in [5.74, 6) is -1.76. The van der Waals surface area contributed by atoms with Crippen LogP contribution >= 0.6 is 0 Å². The van der Waals surface area contributed by atoms with Gasteiger partial charge in [-0.2, -0.15) is 0 Å². The zero-order chi connectivity index (χ0) is 25.3. The van der Waals surface area contributed by atoms with E-state index >= 15 is 0 Å². The van der Waals surface area contributed by atoms with Crippen molar-refractivity contribution in [2.75, 3.05) is 25.1 Å². The van der Waals surface area contributed by atoms with E-state index in [0.717, 1.165) is 5.56 Å². The predicted molar refractivity (Wildman–Crippen MR) is 131 cm³/mol. The van der Waals surface area contributed by atoms with Gasteiger partial charge in [0.25, 0.3) is 0 Å². The van der Waals surface area contributed by atoms with Gasteiger partial charge in [-0.1, -0.05) is 30.3 Å². The molecule has 3 aliphatic heterocycles. The topological polar surface area (TPSA) is 117 Å². The summed E-state index contributed by atoms with van der Waals surface area (Å²) in [5, 5.41) is 15.5. The van der Waals surface area contributed by atoms with Crippen LogP contribution in [0.1, 0.15) is 25.3 Å². The molecule has 190 valence electrons. The number of hydrogen-bond acceptors (Lipinski definition) is 6. The highest BCUT2D eigenvalue weighted by atomic mass is 16.5. The SMILES string of the molecule is CCOc1ccc(NC(=O)[C@@H]2[C@H]3C(=O)N(CCO)C(C(=O)NCc4ccccc4)C34CC[C@H]2O4)cc1. The van der Waals surface area contributed by atoms with Gasteiger partial charge in [0.1, 0.15) is 17.4 Å². The average molecular weight is 494 g/mol. The fourth-order valence-electron chi connectivity index (χ4n) is 6.01. The number of carbonyl (C=O) groups is 3. The highest BCUT2D eigenvalue weighted by Crippen LogP contribution is 2.58. The Morgan fingerprint density at radius 1 is 1.14 bits per heavy atom. The number of nitrogens with one attached hydrogen (secondary N) is 2. The number of anilines is 1. The van der Waals surface area contributed by atoms with Crippen molar-refractivity contribution in [3.8, 4) is 5.75 Å². The van der Waals surface area contributed by atoms with Crippen molar-refractivity contribution in [2.45, 2.75) is 44.1 Å². The van der Waals surface area contributed by atoms with Crippen LogP contribution in [-0.4, -0.2) is 65.2 Å². The van der Waals surface area contributed by atoms with Crippen LogP contribution in [0.15, 0.2) is 54.6 Å². The number of aliphatic hydroxyl groups excluding tert-OH is 1. The summed E-state index contributed by atoms with van der Waals surface area (Å²) in [5.41, 5.74) is 0.440. The molecule has 2 aromatic carbocycles. The molecule has 9 heteroatoms. The van der Waals surface area contributed by atoms with Crippen molar-refractivity contribution < 1.29 is 29.0 Å². The summed E-state index contributed by atoms with van der Waals surface area (Å²) in [6.07, 6.45) is 0.648. The molecule has 2 aromatic rings. The first-order valence-electron chi connectivity index (χ1n) is 12.4. The van der Waals surface area contributed by atoms with Crippen molar-refractivity contribution in [1.82, 2.24) is 10.2 Å². The number of aliphatic hydroxyl groups is 1. The number of fused-ring (bicyclic) bond motifs is 1. The van der Waals surface area contributed by atoms with Crippen molar-refractivity contribution in [1.29, 1.82) is 0 Å². The van der Waals surface area contributed by atoms with Crippen LogP contribution in [-0.2, 0) is 25.7 Å². The second-order valence-corrected chi connectivity index (χ2v) is 9.46. The summed E-state index contributed by atoms with van der Waals surface area (Å²) in [6, 6.07) is 15.6. The molecule has 1 spiro atoms. The largest absolute Gasteiger partial charge is 0.494 e. The quantitative estimate of drug-likeness (QED) is 0.490. The third-order valence-electron chi connectivity index (χ3n) is 7.43. The Kier molecular flexibility index (Phi) is 6.68. The molecule has 3 aliphatic rings. The summed E-state index contributed by atoms with van der Waals surface area (Å²) in [7, 11) is 0. The van der Waals surface area contributed by atoms with E-state index in [1.54, 1.807) is 24.3 Å². The number of likely N-dealkylation sites (tertiary alicyclic amines) is 1. The molecule has 9 nitrogen and oxygen atoms in total. The normalized spacial score (nSPS) is 28.2. The van der Waals surface area contributed by atoms with Crippen LogP contribution in [0.25, 0.3) is 0 Å². The van der Waals surface area contributed by atoms with Gasteiger partial charge in [-0.25, -0.2) is 0 Å². The molecule has 2 unspecified atom stereocenters. The molecule has 3 amide bonds. The van der Waals surface area contributed by atoms with E-state index in [2.05, 4.69) is 10.6 Å². The highest BCUT2D eigenvalue weighted by Gasteiger charge is 2.74. The highest BCUT2D eigenvalue weighted by molar-refractivity contribution is 6.02. The number of ether oxygens (including phenoxy) is 2. The number of amides is 3. The van der Waals surface area contributed by atoms with Crippen LogP contribution in [0, 0.1) is 11.8 Å². The van der Waals surface area contributed by atoms with E-state index in [-0.39, 0.29) is 30.9 Å². The Morgan fingerprint density at radius 2 is 1.89 bits per heavy atom. The molecule has 0 radical (unpaired) electrons. The molecular weight excluding hydrogens is 462 g/mol. The third-order valence-corrected chi connectivity index (χ3v) is 7.43. The van der Waals surface area contributed by atoms with Gasteiger partial charge in [-0.15, -0.1) is 0 Å². The van der Waals surface area contributed by atoms with Crippen LogP contribution in [0.2, 0.25) is 0 Å². The molecule has 0 saturated carbocycles. The maximum atomic E-state index is 13.6. The van der Waals surface area contributed by atoms with Crippen molar-refractivity contribution >= 4 is 23.4 Å². The van der Waals surface area contributed by atoms with E-state index in [9.17, 15) is 19.5 Å². The van der Waals surface area contributed by atoms with Gasteiger partial charge in [-0.3, -0.25) is 14.4 Å². The fraction of sp³-hybridized carbons (Fsp3) is 0.444. The number of rotatable bonds is 9. The smallest absolute Gasteiger partial charge is 0.246 e. The molecule has 3 saturated heterocycles. The van der Waals surface area contributed by atoms with Gasteiger partial charge >= 0.3 is 0 Å². The van der Waals surface area contributed by atoms with E-state index in [1.807, 2.05) is 37.3 Å². The first-order chi connectivity index (χ1) is 17.5. The zero-order valence-electron chi connectivity index (χ0n) is 20.2. The summed E-state index contributed by atoms with van der Waals surface area (Å²) in [4.78, 5) is 41.8. The van der Waals surface area contributed by atoms with Crippen molar-refractivity contribution in [3.05, 3.63) is 60.2 Å². The van der Waals surface area contributed by atoms with Crippen LogP contribution in [0.3, 0.4) is 0 Å². The van der Waals surface area contributed by atoms with Crippen LogP contribution in [0.4, 0.5) is 5.69 Å². The standard InChI is InChI=1S/C27H31N3O6/c1-2-35-19-10-8-18(9-11-19)29-24(32)21-20-12-13-27(36-20)22(21)26(34)30(14-15-31)23(27)25(33)28-16-17-6-4-3-5-7-17/h3-11,20-23,31H,2,12-16H2,1H3,(H,28,33)(H,29,32)/t20-,21+,22+,23?,27?/m1/s1. The number of hydrogen-bond donors (Lipinski definition) is 3. The van der Waals surface area contributed by atoms with Gasteiger partial charge in [0.05, 0.1) is 31.2 Å². The van der Waals surface area contributed by atoms with Gasteiger partial charge in [0.2, 0.25) is 17.7 Å². The fourth-order valence-corrected chi connectivity index (χ4v) is 6.01. The zero-order valence-corrected chi connectivity index (χ0v) is 20.2. The lowest BCUT2D eigenvalue weighted by molar-refractivity contribution is -0.142. The van der Waals surface area contributed by atoms with E-state index in [0.29, 0.717) is 37.4 Å². The number of carbonyl (C=O) groups excluding carboxylic acids is 3. The van der Waals surface area contributed by atoms with Gasteiger partial charge in [-0.05, 0) is 49.6 Å². The second-order valence-electron chi connectivity index (χ2n) is 9.46. The molecule has 36 heavy (non-hydrogen) atoms. The maximum absolute atomic E-state index is 13.6. The molecule has 0 aromatic heterocycles. The molecule has 0 aliphatic carbocycles. The lowest BCUT2D eigenvalue weighted by Gasteiger charge is -2.33. The van der Waals surface area contributed by atoms with Crippen LogP contribution < -0.4 is 15.4 Å². The first-order valence-corrected chi connectivity index (χ1v) is 12.4. The van der Waals surface area contributed by atoms with E-state index in [4.69, 9.17) is 9.47 Å². The number of β-amino-alcohol motifs (C(OH)–C–C–N with tert-alkyl or cyclic N) is 1. The van der Waals surface area contributed by atoms with Crippen molar-refractivity contribution in [2.24, 2.45) is 11.8 Å². The predicted octanol–water partition coefficient (Wildman–Crippen LogP) is 1.71. The Bertz CT molecular complexity index is 1120. The molecule has 3 N–H and O–H groups in total. The Balaban J connectivity index is 1.37. The first kappa shape index (κ1) is 24.3. The Morgan fingerprint density at radius 3 is 2.58 bits per heavy atom. The van der Waals surface area contributed by atoms with Crippen molar-refractivity contribution in [3.63, 3.8) is 0 Å². The van der Waals surface area contributed by atoms with Gasteiger partial charge < -0.3 is 30.1 Å². The average Bonchev–Trinajstić information content (AvgIpc) is 3.52. The lowest BCUT2D eigenvalue weighted by atomic mass is 9.70. The minimum atomic E-state index is -1.08. The van der Waals surface area contributed by atoms with Gasteiger partial charge in [0, 0.05) is 18.8 Å². The number of nitrogens with zero attached hydrogens (tertiary/aromatic N) is 1. The minimum Gasteiger partial charge on any atom is -0.494 e. The lowest BCUT2D eigenvalue weighted by Crippen LogP contribution is -2.55. The Labute approximate surface area is 209 Å².